The number of para-hydroxylation sites is 1. The number of ether oxygens (including phenoxy) is 2. The van der Waals surface area contributed by atoms with E-state index in [0.717, 1.165) is 43.7 Å². The lowest BCUT2D eigenvalue weighted by Crippen LogP contribution is -2.45. The summed E-state index contributed by atoms with van der Waals surface area (Å²) in [5.74, 6) is 0.819. The molecule has 0 radical (unpaired) electrons. The molecule has 0 unspecified atom stereocenters. The average molecular weight is 291 g/mol. The highest BCUT2D eigenvalue weighted by Gasteiger charge is 2.30. The molecule has 2 rings (SSSR count). The maximum absolute atomic E-state index is 12.1. The van der Waals surface area contributed by atoms with Crippen molar-refractivity contribution >= 4 is 5.97 Å². The third-order valence-electron chi connectivity index (χ3n) is 3.82. The quantitative estimate of drug-likeness (QED) is 0.755. The molecule has 1 aromatic carbocycles. The highest BCUT2D eigenvalue weighted by Crippen LogP contribution is 2.25. The first-order valence-electron chi connectivity index (χ1n) is 7.87. The van der Waals surface area contributed by atoms with Crippen LogP contribution < -0.4 is 4.74 Å². The first kappa shape index (κ1) is 15.8. The van der Waals surface area contributed by atoms with Crippen molar-refractivity contribution in [1.82, 2.24) is 4.90 Å². The van der Waals surface area contributed by atoms with Gasteiger partial charge in [-0.05, 0) is 39.3 Å². The van der Waals surface area contributed by atoms with E-state index in [0.29, 0.717) is 13.2 Å². The topological polar surface area (TPSA) is 38.8 Å². The molecular weight excluding hydrogens is 266 g/mol. The molecule has 1 aliphatic heterocycles. The van der Waals surface area contributed by atoms with Gasteiger partial charge in [-0.2, -0.15) is 0 Å². The minimum Gasteiger partial charge on any atom is -0.494 e. The fourth-order valence-electron chi connectivity index (χ4n) is 2.84. The minimum atomic E-state index is -0.117. The van der Waals surface area contributed by atoms with Crippen LogP contribution in [0.15, 0.2) is 24.3 Å². The molecule has 0 saturated carbocycles. The molecule has 0 aliphatic carbocycles. The van der Waals surface area contributed by atoms with Crippen LogP contribution in [0.25, 0.3) is 0 Å². The number of hydrogen-bond acceptors (Lipinski definition) is 4. The molecule has 0 amide bonds. The number of carbonyl (C=O) groups excluding carboxylic acids is 1. The van der Waals surface area contributed by atoms with E-state index in [9.17, 15) is 4.79 Å². The summed E-state index contributed by atoms with van der Waals surface area (Å²) in [7, 11) is 0. The Balaban J connectivity index is 2.10. The molecule has 0 aromatic heterocycles. The molecule has 116 valence electrons. The van der Waals surface area contributed by atoms with Gasteiger partial charge in [-0.3, -0.25) is 9.69 Å². The fourth-order valence-corrected chi connectivity index (χ4v) is 2.84. The van der Waals surface area contributed by atoms with Gasteiger partial charge in [0.15, 0.2) is 0 Å². The number of benzene rings is 1. The monoisotopic (exact) mass is 291 g/mol. The third kappa shape index (κ3) is 4.21. The lowest BCUT2D eigenvalue weighted by atomic mass is 10.0. The van der Waals surface area contributed by atoms with Crippen LogP contribution in [0.2, 0.25) is 0 Å². The van der Waals surface area contributed by atoms with Gasteiger partial charge in [0, 0.05) is 12.1 Å². The molecule has 0 spiro atoms. The van der Waals surface area contributed by atoms with Gasteiger partial charge in [0.25, 0.3) is 0 Å². The molecule has 1 heterocycles. The number of carbonyl (C=O) groups is 1. The van der Waals surface area contributed by atoms with E-state index >= 15 is 0 Å². The van der Waals surface area contributed by atoms with Crippen molar-refractivity contribution in [3.05, 3.63) is 29.8 Å². The summed E-state index contributed by atoms with van der Waals surface area (Å²) in [5, 5.41) is 0. The molecule has 21 heavy (non-hydrogen) atoms. The molecule has 1 saturated heterocycles. The van der Waals surface area contributed by atoms with Crippen molar-refractivity contribution in [3.8, 4) is 5.75 Å². The van der Waals surface area contributed by atoms with Crippen LogP contribution in [0, 0.1) is 0 Å². The van der Waals surface area contributed by atoms with Gasteiger partial charge < -0.3 is 9.47 Å². The second-order valence-electron chi connectivity index (χ2n) is 5.27. The van der Waals surface area contributed by atoms with E-state index in [1.54, 1.807) is 0 Å². The normalized spacial score (nSPS) is 19.2. The maximum Gasteiger partial charge on any atom is 0.323 e. The first-order valence-corrected chi connectivity index (χ1v) is 7.87. The van der Waals surface area contributed by atoms with E-state index in [2.05, 4.69) is 11.0 Å². The van der Waals surface area contributed by atoms with Gasteiger partial charge >= 0.3 is 5.97 Å². The van der Waals surface area contributed by atoms with Crippen molar-refractivity contribution in [2.75, 3.05) is 19.8 Å². The number of likely N-dealkylation sites (tertiary alicyclic amines) is 1. The van der Waals surface area contributed by atoms with Gasteiger partial charge in [-0.25, -0.2) is 0 Å². The van der Waals surface area contributed by atoms with Crippen LogP contribution in [-0.2, 0) is 16.1 Å². The van der Waals surface area contributed by atoms with E-state index in [-0.39, 0.29) is 12.0 Å². The molecule has 4 heteroatoms. The Morgan fingerprint density at radius 2 is 2.05 bits per heavy atom. The van der Waals surface area contributed by atoms with Crippen molar-refractivity contribution < 1.29 is 14.3 Å². The Bertz CT molecular complexity index is 461. The zero-order valence-corrected chi connectivity index (χ0v) is 13.0. The van der Waals surface area contributed by atoms with Gasteiger partial charge in [0.1, 0.15) is 11.8 Å². The van der Waals surface area contributed by atoms with Crippen LogP contribution in [0.5, 0.6) is 5.75 Å². The highest BCUT2D eigenvalue weighted by molar-refractivity contribution is 5.75. The summed E-state index contributed by atoms with van der Waals surface area (Å²) in [6, 6.07) is 7.94. The maximum atomic E-state index is 12.1. The summed E-state index contributed by atoms with van der Waals surface area (Å²) in [5.41, 5.74) is 1.13. The standard InChI is InChI=1S/C17H25NO3/c1-3-20-16-11-6-5-9-14(16)13-18-12-8-7-10-15(18)17(19)21-4-2/h5-6,9,11,15H,3-4,7-8,10,12-13H2,1-2H3/t15-/m1/s1. The zero-order valence-electron chi connectivity index (χ0n) is 13.0. The molecular formula is C17H25NO3. The van der Waals surface area contributed by atoms with E-state index in [4.69, 9.17) is 9.47 Å². The first-order chi connectivity index (χ1) is 10.3. The van der Waals surface area contributed by atoms with Gasteiger partial charge in [0.2, 0.25) is 0 Å². The summed E-state index contributed by atoms with van der Waals surface area (Å²) in [6.45, 7) is 6.61. The lowest BCUT2D eigenvalue weighted by molar-refractivity contribution is -0.151. The predicted octanol–water partition coefficient (Wildman–Crippen LogP) is 3.00. The van der Waals surface area contributed by atoms with E-state index in [1.807, 2.05) is 32.0 Å². The molecule has 1 aromatic rings. The molecule has 0 N–H and O–H groups in total. The second kappa shape index (κ2) is 8.03. The summed E-state index contributed by atoms with van der Waals surface area (Å²) in [4.78, 5) is 14.3. The second-order valence-corrected chi connectivity index (χ2v) is 5.27. The zero-order chi connectivity index (χ0) is 15.1. The van der Waals surface area contributed by atoms with E-state index < -0.39 is 0 Å². The molecule has 4 nitrogen and oxygen atoms in total. The summed E-state index contributed by atoms with van der Waals surface area (Å²) >= 11 is 0. The number of nitrogens with zero attached hydrogens (tertiary/aromatic N) is 1. The van der Waals surface area contributed by atoms with Crippen LogP contribution in [0.4, 0.5) is 0 Å². The van der Waals surface area contributed by atoms with Crippen molar-refractivity contribution in [2.45, 2.75) is 45.7 Å². The largest absolute Gasteiger partial charge is 0.494 e. The average Bonchev–Trinajstić information content (AvgIpc) is 2.50. The molecule has 0 bridgehead atoms. The molecule has 1 atom stereocenters. The van der Waals surface area contributed by atoms with Gasteiger partial charge in [0.05, 0.1) is 13.2 Å². The smallest absolute Gasteiger partial charge is 0.323 e. The lowest BCUT2D eigenvalue weighted by Gasteiger charge is -2.34. The Labute approximate surface area is 127 Å². The highest BCUT2D eigenvalue weighted by atomic mass is 16.5. The fraction of sp³-hybridized carbons (Fsp3) is 0.588. The summed E-state index contributed by atoms with van der Waals surface area (Å²) < 4.78 is 10.9. The van der Waals surface area contributed by atoms with Crippen molar-refractivity contribution in [3.63, 3.8) is 0 Å². The van der Waals surface area contributed by atoms with Crippen LogP contribution in [0.1, 0.15) is 38.7 Å². The van der Waals surface area contributed by atoms with Crippen molar-refractivity contribution in [2.24, 2.45) is 0 Å². The number of hydrogen-bond donors (Lipinski definition) is 0. The minimum absolute atomic E-state index is 0.0916. The number of piperidine rings is 1. The Hall–Kier alpha value is -1.55. The van der Waals surface area contributed by atoms with Crippen LogP contribution in [-0.4, -0.2) is 36.7 Å². The predicted molar refractivity (Wildman–Crippen MR) is 82.3 cm³/mol. The summed E-state index contributed by atoms with van der Waals surface area (Å²) in [6.07, 6.45) is 3.11. The van der Waals surface area contributed by atoms with Crippen molar-refractivity contribution in [1.29, 1.82) is 0 Å². The number of esters is 1. The van der Waals surface area contributed by atoms with Crippen LogP contribution >= 0.6 is 0 Å². The Kier molecular flexibility index (Phi) is 6.05. The third-order valence-corrected chi connectivity index (χ3v) is 3.82. The molecule has 1 aliphatic rings. The van der Waals surface area contributed by atoms with Gasteiger partial charge in [-0.15, -0.1) is 0 Å². The number of rotatable bonds is 6. The Morgan fingerprint density at radius 1 is 1.24 bits per heavy atom. The Morgan fingerprint density at radius 3 is 2.81 bits per heavy atom. The van der Waals surface area contributed by atoms with Gasteiger partial charge in [-0.1, -0.05) is 24.6 Å². The van der Waals surface area contributed by atoms with Crippen LogP contribution in [0.3, 0.4) is 0 Å². The molecule has 1 fully saturated rings. The SMILES string of the molecule is CCOC(=O)[C@H]1CCCCN1Cc1ccccc1OCC. The van der Waals surface area contributed by atoms with E-state index in [1.165, 1.54) is 0 Å².